The Morgan fingerprint density at radius 2 is 2.05 bits per heavy atom. The highest BCUT2D eigenvalue weighted by Gasteiger charge is 2.17. The summed E-state index contributed by atoms with van der Waals surface area (Å²) < 4.78 is 0. The summed E-state index contributed by atoms with van der Waals surface area (Å²) in [5, 5.41) is 5.93. The zero-order valence-corrected chi connectivity index (χ0v) is 14.1. The first kappa shape index (κ1) is 14.9. The maximum atomic E-state index is 12.5. The number of para-hydroxylation sites is 1. The van der Waals surface area contributed by atoms with Crippen LogP contribution in [0.5, 0.6) is 0 Å². The smallest absolute Gasteiger partial charge is 0.267 e. The molecular formula is C17H16N2OS2. The Kier molecular flexibility index (Phi) is 4.36. The number of thiophene rings is 1. The van der Waals surface area contributed by atoms with Crippen molar-refractivity contribution in [1.29, 1.82) is 0 Å². The van der Waals surface area contributed by atoms with Gasteiger partial charge < -0.3 is 5.32 Å². The molecule has 2 heterocycles. The van der Waals surface area contributed by atoms with Gasteiger partial charge in [0.15, 0.2) is 0 Å². The second-order valence-corrected chi connectivity index (χ2v) is 6.82. The van der Waals surface area contributed by atoms with Gasteiger partial charge in [-0.3, -0.25) is 4.79 Å². The van der Waals surface area contributed by atoms with Crippen LogP contribution in [0.3, 0.4) is 0 Å². The normalized spacial score (nSPS) is 10.6. The van der Waals surface area contributed by atoms with Crippen molar-refractivity contribution in [3.05, 3.63) is 57.9 Å². The molecule has 112 valence electrons. The predicted molar refractivity (Wildman–Crippen MR) is 93.9 cm³/mol. The lowest BCUT2D eigenvalue weighted by Crippen LogP contribution is -2.12. The average Bonchev–Trinajstić information content (AvgIpc) is 3.17. The highest BCUT2D eigenvalue weighted by molar-refractivity contribution is 7.22. The van der Waals surface area contributed by atoms with Crippen molar-refractivity contribution in [2.75, 3.05) is 5.32 Å². The molecule has 2 aromatic heterocycles. The first-order valence-corrected chi connectivity index (χ1v) is 8.79. The largest absolute Gasteiger partial charge is 0.321 e. The van der Waals surface area contributed by atoms with Gasteiger partial charge in [-0.25, -0.2) is 4.98 Å². The van der Waals surface area contributed by atoms with Gasteiger partial charge in [0.2, 0.25) is 0 Å². The summed E-state index contributed by atoms with van der Waals surface area (Å²) in [5.41, 5.74) is 2.79. The number of nitrogens with one attached hydrogen (secondary N) is 1. The van der Waals surface area contributed by atoms with Crippen LogP contribution >= 0.6 is 22.7 Å². The molecule has 0 bridgehead atoms. The molecule has 1 amide bonds. The van der Waals surface area contributed by atoms with Gasteiger partial charge in [-0.1, -0.05) is 31.2 Å². The summed E-state index contributed by atoms with van der Waals surface area (Å²) in [6.07, 6.45) is 0.887. The molecule has 0 saturated carbocycles. The van der Waals surface area contributed by atoms with Crippen LogP contribution in [-0.2, 0) is 6.42 Å². The zero-order chi connectivity index (χ0) is 15.5. The van der Waals surface area contributed by atoms with E-state index in [2.05, 4.69) is 17.2 Å². The molecule has 0 radical (unpaired) electrons. The Bertz CT molecular complexity index is 791. The Morgan fingerprint density at radius 1 is 1.23 bits per heavy atom. The maximum Gasteiger partial charge on any atom is 0.267 e. The first-order valence-electron chi connectivity index (χ1n) is 7.09. The Hall–Kier alpha value is -1.98. The average molecular weight is 328 g/mol. The summed E-state index contributed by atoms with van der Waals surface area (Å²) >= 11 is 3.08. The lowest BCUT2D eigenvalue weighted by molar-refractivity contribution is 0.102. The lowest BCUT2D eigenvalue weighted by Gasteiger charge is -2.08. The van der Waals surface area contributed by atoms with Crippen molar-refractivity contribution in [3.8, 4) is 9.88 Å². The number of carbonyl (C=O) groups is 1. The van der Waals surface area contributed by atoms with Crippen molar-refractivity contribution in [3.63, 3.8) is 0 Å². The minimum Gasteiger partial charge on any atom is -0.321 e. The summed E-state index contributed by atoms with van der Waals surface area (Å²) in [6, 6.07) is 11.9. The van der Waals surface area contributed by atoms with Crippen LogP contribution in [0.25, 0.3) is 9.88 Å². The second kappa shape index (κ2) is 6.42. The third-order valence-corrected chi connectivity index (χ3v) is 5.58. The Labute approximate surface area is 137 Å². The molecule has 5 heteroatoms. The van der Waals surface area contributed by atoms with Crippen LogP contribution in [0.2, 0.25) is 0 Å². The monoisotopic (exact) mass is 328 g/mol. The maximum absolute atomic E-state index is 12.5. The van der Waals surface area contributed by atoms with Crippen molar-refractivity contribution in [1.82, 2.24) is 4.98 Å². The third kappa shape index (κ3) is 2.96. The minimum atomic E-state index is -0.0845. The van der Waals surface area contributed by atoms with Crippen molar-refractivity contribution < 1.29 is 4.79 Å². The van der Waals surface area contributed by atoms with Crippen molar-refractivity contribution >= 4 is 34.3 Å². The van der Waals surface area contributed by atoms with Gasteiger partial charge in [-0.05, 0) is 36.4 Å². The van der Waals surface area contributed by atoms with Gasteiger partial charge in [-0.2, -0.15) is 0 Å². The van der Waals surface area contributed by atoms with E-state index in [0.29, 0.717) is 4.88 Å². The fourth-order valence-electron chi connectivity index (χ4n) is 2.24. The second-order valence-electron chi connectivity index (χ2n) is 4.88. The summed E-state index contributed by atoms with van der Waals surface area (Å²) in [4.78, 5) is 18.8. The van der Waals surface area contributed by atoms with E-state index >= 15 is 0 Å². The van der Waals surface area contributed by atoms with E-state index in [-0.39, 0.29) is 5.91 Å². The fraction of sp³-hybridized carbons (Fsp3) is 0.176. The quantitative estimate of drug-likeness (QED) is 0.732. The number of aryl methyl sites for hydroxylation is 2. The molecular weight excluding hydrogens is 312 g/mol. The Morgan fingerprint density at radius 3 is 2.77 bits per heavy atom. The molecule has 0 aliphatic heterocycles. The topological polar surface area (TPSA) is 42.0 Å². The predicted octanol–water partition coefficient (Wildman–Crippen LogP) is 4.99. The molecule has 1 aromatic carbocycles. The van der Waals surface area contributed by atoms with Gasteiger partial charge >= 0.3 is 0 Å². The summed E-state index contributed by atoms with van der Waals surface area (Å²) in [7, 11) is 0. The molecule has 3 aromatic rings. The number of benzene rings is 1. The molecule has 0 spiro atoms. The summed E-state index contributed by atoms with van der Waals surface area (Å²) in [5.74, 6) is -0.0845. The lowest BCUT2D eigenvalue weighted by atomic mass is 10.1. The third-order valence-electron chi connectivity index (χ3n) is 3.38. The molecule has 1 N–H and O–H groups in total. The van der Waals surface area contributed by atoms with Gasteiger partial charge in [0, 0.05) is 5.69 Å². The van der Waals surface area contributed by atoms with Crippen molar-refractivity contribution in [2.45, 2.75) is 20.3 Å². The number of hydrogen-bond donors (Lipinski definition) is 1. The number of thiazole rings is 1. The number of rotatable bonds is 4. The van der Waals surface area contributed by atoms with E-state index in [1.54, 1.807) is 11.3 Å². The number of carbonyl (C=O) groups excluding carboxylic acids is 1. The van der Waals surface area contributed by atoms with E-state index in [1.807, 2.05) is 48.7 Å². The van der Waals surface area contributed by atoms with E-state index in [4.69, 9.17) is 0 Å². The van der Waals surface area contributed by atoms with E-state index in [0.717, 1.165) is 33.3 Å². The van der Waals surface area contributed by atoms with Crippen molar-refractivity contribution in [2.24, 2.45) is 0 Å². The fourth-order valence-corrected chi connectivity index (χ4v) is 4.00. The number of anilines is 1. The Balaban J connectivity index is 1.87. The zero-order valence-electron chi connectivity index (χ0n) is 12.4. The number of nitrogens with zero attached hydrogens (tertiary/aromatic N) is 1. The number of hydrogen-bond acceptors (Lipinski definition) is 4. The van der Waals surface area contributed by atoms with Crippen LogP contribution in [-0.4, -0.2) is 10.9 Å². The van der Waals surface area contributed by atoms with Crippen LogP contribution in [0.4, 0.5) is 5.69 Å². The molecule has 3 rings (SSSR count). The van der Waals surface area contributed by atoms with E-state index < -0.39 is 0 Å². The molecule has 0 aliphatic rings. The molecule has 0 atom stereocenters. The number of amides is 1. The molecule has 0 unspecified atom stereocenters. The van der Waals surface area contributed by atoms with Gasteiger partial charge in [0.25, 0.3) is 5.91 Å². The van der Waals surface area contributed by atoms with Gasteiger partial charge in [-0.15, -0.1) is 22.7 Å². The molecule has 3 nitrogen and oxygen atoms in total. The summed E-state index contributed by atoms with van der Waals surface area (Å²) in [6.45, 7) is 3.96. The molecule has 0 saturated heterocycles. The highest BCUT2D eigenvalue weighted by atomic mass is 32.1. The molecule has 22 heavy (non-hydrogen) atoms. The van der Waals surface area contributed by atoms with Crippen LogP contribution in [0, 0.1) is 6.92 Å². The standard InChI is InChI=1S/C17H16N2OS2/c1-3-12-7-4-5-8-13(12)19-16(20)15-11(2)18-17(22-15)14-9-6-10-21-14/h4-10H,3H2,1-2H3,(H,19,20). The molecule has 0 aliphatic carbocycles. The van der Waals surface area contributed by atoms with Gasteiger partial charge in [0.05, 0.1) is 10.6 Å². The van der Waals surface area contributed by atoms with Crippen LogP contribution in [0.1, 0.15) is 27.9 Å². The van der Waals surface area contributed by atoms with Crippen LogP contribution < -0.4 is 5.32 Å². The SMILES string of the molecule is CCc1ccccc1NC(=O)c1sc(-c2cccs2)nc1C. The van der Waals surface area contributed by atoms with E-state index in [1.165, 1.54) is 11.3 Å². The first-order chi connectivity index (χ1) is 10.7. The number of aromatic nitrogens is 1. The van der Waals surface area contributed by atoms with Gasteiger partial charge in [0.1, 0.15) is 9.88 Å². The highest BCUT2D eigenvalue weighted by Crippen LogP contribution is 2.31. The molecule has 0 fully saturated rings. The van der Waals surface area contributed by atoms with Crippen LogP contribution in [0.15, 0.2) is 41.8 Å². The van der Waals surface area contributed by atoms with E-state index in [9.17, 15) is 4.79 Å². The minimum absolute atomic E-state index is 0.0845.